The molecule has 132 valence electrons. The van der Waals surface area contributed by atoms with E-state index in [4.69, 9.17) is 0 Å². The molecule has 0 saturated carbocycles. The molecule has 0 radical (unpaired) electrons. The number of ketones is 1. The third-order valence-electron chi connectivity index (χ3n) is 4.05. The Morgan fingerprint density at radius 2 is 1.68 bits per heavy atom. The van der Waals surface area contributed by atoms with Crippen molar-refractivity contribution in [2.45, 2.75) is 45.3 Å². The Morgan fingerprint density at radius 1 is 1.08 bits per heavy atom. The van der Waals surface area contributed by atoms with Crippen LogP contribution in [0.25, 0.3) is 0 Å². The number of hydrogen-bond acceptors (Lipinski definition) is 5. The van der Waals surface area contributed by atoms with E-state index < -0.39 is 6.04 Å². The Kier molecular flexibility index (Phi) is 6.70. The first kappa shape index (κ1) is 19.1. The van der Waals surface area contributed by atoms with Crippen molar-refractivity contribution < 1.29 is 9.59 Å². The quantitative estimate of drug-likeness (QED) is 0.609. The zero-order chi connectivity index (χ0) is 18.4. The molecule has 0 saturated heterocycles. The van der Waals surface area contributed by atoms with Crippen LogP contribution in [0, 0.1) is 20.8 Å². The molecule has 1 unspecified atom stereocenters. The second-order valence-electron chi connectivity index (χ2n) is 6.01. The minimum atomic E-state index is -0.516. The van der Waals surface area contributed by atoms with Gasteiger partial charge in [-0.2, -0.15) is 0 Å². The molecular formula is C19H23N3O2S. The Balaban J connectivity index is 1.94. The molecule has 1 amide bonds. The summed E-state index contributed by atoms with van der Waals surface area (Å²) in [7, 11) is 0. The number of hydrogen-bond donors (Lipinski definition) is 1. The molecule has 2 rings (SSSR count). The van der Waals surface area contributed by atoms with Crippen molar-refractivity contribution in [2.24, 2.45) is 0 Å². The number of benzene rings is 1. The molecule has 0 fully saturated rings. The highest BCUT2D eigenvalue weighted by molar-refractivity contribution is 7.99. The third-order valence-corrected chi connectivity index (χ3v) is 4.90. The van der Waals surface area contributed by atoms with Crippen LogP contribution in [0.3, 0.4) is 0 Å². The Morgan fingerprint density at radius 3 is 2.24 bits per heavy atom. The minimum absolute atomic E-state index is 0.0551. The average molecular weight is 357 g/mol. The molecule has 25 heavy (non-hydrogen) atoms. The maximum atomic E-state index is 12.2. The number of nitrogens with zero attached hydrogens (tertiary/aromatic N) is 2. The van der Waals surface area contributed by atoms with Gasteiger partial charge in [0.05, 0.1) is 11.8 Å². The van der Waals surface area contributed by atoms with Crippen molar-refractivity contribution >= 4 is 23.5 Å². The van der Waals surface area contributed by atoms with Crippen LogP contribution >= 0.6 is 11.8 Å². The van der Waals surface area contributed by atoms with E-state index in [1.165, 1.54) is 18.7 Å². The van der Waals surface area contributed by atoms with Crippen LogP contribution in [-0.4, -0.2) is 33.5 Å². The van der Waals surface area contributed by atoms with Crippen molar-refractivity contribution in [3.05, 3.63) is 52.8 Å². The first-order valence-corrected chi connectivity index (χ1v) is 9.13. The number of Topliss-reactive ketones (excluding diaryl/α,β-unsaturated/α-hetero) is 1. The summed E-state index contributed by atoms with van der Waals surface area (Å²) >= 11 is 1.28. The molecule has 0 aliphatic carbocycles. The largest absolute Gasteiger partial charge is 0.345 e. The molecule has 0 aliphatic rings. The van der Waals surface area contributed by atoms with E-state index in [-0.39, 0.29) is 17.4 Å². The van der Waals surface area contributed by atoms with E-state index in [0.29, 0.717) is 11.6 Å². The Hall–Kier alpha value is -2.21. The highest BCUT2D eigenvalue weighted by atomic mass is 32.2. The molecular weight excluding hydrogens is 334 g/mol. The molecule has 2 aromatic rings. The lowest BCUT2D eigenvalue weighted by molar-refractivity contribution is -0.125. The molecule has 1 N–H and O–H groups in total. The number of carbonyl (C=O) groups excluding carboxylic acids is 2. The average Bonchev–Trinajstić information content (AvgIpc) is 2.58. The van der Waals surface area contributed by atoms with Crippen molar-refractivity contribution in [1.82, 2.24) is 15.3 Å². The fourth-order valence-electron chi connectivity index (χ4n) is 2.32. The first-order chi connectivity index (χ1) is 11.9. The third kappa shape index (κ3) is 5.67. The van der Waals surface area contributed by atoms with Gasteiger partial charge in [-0.15, -0.1) is 0 Å². The van der Waals surface area contributed by atoms with Crippen LogP contribution in [0.2, 0.25) is 0 Å². The first-order valence-electron chi connectivity index (χ1n) is 8.15. The Bertz CT molecular complexity index is 740. The van der Waals surface area contributed by atoms with Crippen molar-refractivity contribution in [1.29, 1.82) is 0 Å². The number of nitrogens with one attached hydrogen (secondary N) is 1. The zero-order valence-corrected chi connectivity index (χ0v) is 15.8. The Labute approximate surface area is 152 Å². The van der Waals surface area contributed by atoms with Crippen LogP contribution in [0.1, 0.15) is 29.4 Å². The monoisotopic (exact) mass is 357 g/mol. The second kappa shape index (κ2) is 8.76. The molecule has 0 aliphatic heterocycles. The van der Waals surface area contributed by atoms with Crippen LogP contribution in [-0.2, 0) is 16.0 Å². The molecule has 1 aromatic heterocycles. The van der Waals surface area contributed by atoms with Gasteiger partial charge >= 0.3 is 0 Å². The van der Waals surface area contributed by atoms with Gasteiger partial charge in [0.1, 0.15) is 0 Å². The maximum Gasteiger partial charge on any atom is 0.231 e. The summed E-state index contributed by atoms with van der Waals surface area (Å²) in [5.74, 6) is -0.0679. The van der Waals surface area contributed by atoms with Crippen molar-refractivity contribution in [3.8, 4) is 0 Å². The van der Waals surface area contributed by atoms with Gasteiger partial charge in [-0.25, -0.2) is 9.97 Å². The summed E-state index contributed by atoms with van der Waals surface area (Å²) in [6, 6.07) is 9.14. The molecule has 0 spiro atoms. The highest BCUT2D eigenvalue weighted by Gasteiger charge is 2.18. The molecule has 1 aromatic carbocycles. The van der Waals surface area contributed by atoms with Gasteiger partial charge in [0.2, 0.25) is 5.91 Å². The van der Waals surface area contributed by atoms with Crippen LogP contribution in [0.15, 0.2) is 35.5 Å². The fraction of sp³-hybridized carbons (Fsp3) is 0.368. The summed E-state index contributed by atoms with van der Waals surface area (Å²) in [4.78, 5) is 32.8. The molecule has 5 nitrogen and oxygen atoms in total. The topological polar surface area (TPSA) is 72.0 Å². The molecule has 1 atom stereocenters. The zero-order valence-electron chi connectivity index (χ0n) is 15.0. The van der Waals surface area contributed by atoms with Crippen LogP contribution < -0.4 is 5.32 Å². The summed E-state index contributed by atoms with van der Waals surface area (Å²) in [5.41, 5.74) is 3.92. The van der Waals surface area contributed by atoms with Gasteiger partial charge in [-0.05, 0) is 45.2 Å². The number of aryl methyl sites for hydroxylation is 2. The normalized spacial score (nSPS) is 11.8. The number of rotatable bonds is 7. The number of thioether (sulfide) groups is 1. The fourth-order valence-corrected chi connectivity index (χ4v) is 3.06. The standard InChI is InChI=1S/C19H23N3O2S/c1-12-13(2)20-19(21-14(12)3)25-11-18(24)22-17(15(4)23)10-16-8-6-5-7-9-16/h5-9,17H,10-11H2,1-4H3,(H,22,24). The van der Waals surface area contributed by atoms with Gasteiger partial charge in [0.15, 0.2) is 10.9 Å². The van der Waals surface area contributed by atoms with Gasteiger partial charge < -0.3 is 5.32 Å². The lowest BCUT2D eigenvalue weighted by Gasteiger charge is -2.16. The highest BCUT2D eigenvalue weighted by Crippen LogP contribution is 2.17. The molecule has 6 heteroatoms. The van der Waals surface area contributed by atoms with E-state index >= 15 is 0 Å². The molecule has 1 heterocycles. The number of carbonyl (C=O) groups is 2. The van der Waals surface area contributed by atoms with E-state index in [1.54, 1.807) is 0 Å². The molecule has 0 bridgehead atoms. The number of aromatic nitrogens is 2. The summed E-state index contributed by atoms with van der Waals surface area (Å²) in [6.07, 6.45) is 0.492. The van der Waals surface area contributed by atoms with E-state index in [1.807, 2.05) is 51.1 Å². The smallest absolute Gasteiger partial charge is 0.231 e. The van der Waals surface area contributed by atoms with Crippen LogP contribution in [0.5, 0.6) is 0 Å². The maximum absolute atomic E-state index is 12.2. The van der Waals surface area contributed by atoms with Gasteiger partial charge in [0.25, 0.3) is 0 Å². The van der Waals surface area contributed by atoms with Gasteiger partial charge in [0, 0.05) is 11.4 Å². The minimum Gasteiger partial charge on any atom is -0.345 e. The summed E-state index contributed by atoms with van der Waals surface area (Å²) in [6.45, 7) is 7.34. The van der Waals surface area contributed by atoms with Crippen LogP contribution in [0.4, 0.5) is 0 Å². The van der Waals surface area contributed by atoms with Gasteiger partial charge in [-0.1, -0.05) is 42.1 Å². The van der Waals surface area contributed by atoms with Crippen molar-refractivity contribution in [3.63, 3.8) is 0 Å². The predicted octanol–water partition coefficient (Wildman–Crippen LogP) is 2.81. The lowest BCUT2D eigenvalue weighted by atomic mass is 10.0. The SMILES string of the molecule is CC(=O)C(Cc1ccccc1)NC(=O)CSc1nc(C)c(C)c(C)n1. The summed E-state index contributed by atoms with van der Waals surface area (Å²) < 4.78 is 0. The predicted molar refractivity (Wildman–Crippen MR) is 99.7 cm³/mol. The van der Waals surface area contributed by atoms with E-state index in [0.717, 1.165) is 22.5 Å². The van der Waals surface area contributed by atoms with Gasteiger partial charge in [-0.3, -0.25) is 9.59 Å². The van der Waals surface area contributed by atoms with Crippen molar-refractivity contribution in [2.75, 3.05) is 5.75 Å². The lowest BCUT2D eigenvalue weighted by Crippen LogP contribution is -2.42. The number of amides is 1. The van der Waals surface area contributed by atoms with E-state index in [2.05, 4.69) is 15.3 Å². The van der Waals surface area contributed by atoms with E-state index in [9.17, 15) is 9.59 Å². The second-order valence-corrected chi connectivity index (χ2v) is 6.95. The summed E-state index contributed by atoms with van der Waals surface area (Å²) in [5, 5.41) is 3.39.